The quantitative estimate of drug-likeness (QED) is 0.157. The van der Waals surface area contributed by atoms with Crippen LogP contribution in [0.1, 0.15) is 59.2 Å². The normalized spacial score (nSPS) is 23.3. The molecule has 10 rings (SSSR count). The maximum atomic E-state index is 13.3. The average molecular weight is 808 g/mol. The van der Waals surface area contributed by atoms with Crippen LogP contribution >= 0.6 is 0 Å². The summed E-state index contributed by atoms with van der Waals surface area (Å²) in [5.41, 5.74) is 5.86. The van der Waals surface area contributed by atoms with Crippen molar-refractivity contribution in [2.75, 3.05) is 44.2 Å². The molecule has 5 aromatic rings. The van der Waals surface area contributed by atoms with Crippen molar-refractivity contribution in [3.8, 4) is 28.8 Å². The molecular formula is C46H45N7O7. The first kappa shape index (κ1) is 38.1. The molecule has 4 aliphatic heterocycles. The Morgan fingerprint density at radius 2 is 1.65 bits per heavy atom. The summed E-state index contributed by atoms with van der Waals surface area (Å²) in [5.74, 6) is 5.09. The molecule has 0 radical (unpaired) electrons. The fourth-order valence-corrected chi connectivity index (χ4v) is 9.08. The van der Waals surface area contributed by atoms with Crippen molar-refractivity contribution >= 4 is 51.1 Å². The van der Waals surface area contributed by atoms with E-state index in [0.717, 1.165) is 76.9 Å². The monoisotopic (exact) mass is 807 g/mol. The van der Waals surface area contributed by atoms with Crippen molar-refractivity contribution < 1.29 is 33.4 Å². The Kier molecular flexibility index (Phi) is 10.0. The Hall–Kier alpha value is -6.14. The summed E-state index contributed by atoms with van der Waals surface area (Å²) in [6.07, 6.45) is 9.92. The summed E-state index contributed by atoms with van der Waals surface area (Å²) in [5, 5.41) is 4.57. The van der Waals surface area contributed by atoms with E-state index in [4.69, 9.17) is 14.2 Å². The molecule has 1 saturated carbocycles. The third kappa shape index (κ3) is 7.27. The van der Waals surface area contributed by atoms with E-state index in [1.54, 1.807) is 12.1 Å². The molecule has 14 heteroatoms. The number of aromatic nitrogens is 3. The first-order chi connectivity index (χ1) is 29.3. The van der Waals surface area contributed by atoms with Crippen LogP contribution in [0.2, 0.25) is 0 Å². The van der Waals surface area contributed by atoms with E-state index >= 15 is 0 Å². The Morgan fingerprint density at radius 1 is 0.800 bits per heavy atom. The SMILES string of the molecule is Cn1c2ccncc2c2ccc(-c3ccc(OC4CC(OCC#CCN5CCCC(OC6CN(c7ccc8c(c7)C(=O)N(C7CCC(=O)NC7=O)C8=O)C6)C5)C4)nc3)cc21. The van der Waals surface area contributed by atoms with Crippen LogP contribution in [0.15, 0.2) is 73.2 Å². The molecule has 1 N–H and O–H groups in total. The van der Waals surface area contributed by atoms with Gasteiger partial charge in [0, 0.05) is 98.1 Å². The van der Waals surface area contributed by atoms with Crippen molar-refractivity contribution in [2.45, 2.75) is 69.0 Å². The number of imide groups is 2. The van der Waals surface area contributed by atoms with Gasteiger partial charge in [-0.25, -0.2) is 4.98 Å². The highest BCUT2D eigenvalue weighted by Crippen LogP contribution is 2.35. The molecule has 60 heavy (non-hydrogen) atoms. The van der Waals surface area contributed by atoms with Gasteiger partial charge >= 0.3 is 0 Å². The lowest BCUT2D eigenvalue weighted by Crippen LogP contribution is -2.55. The number of likely N-dealkylation sites (tertiary alicyclic amines) is 1. The number of nitrogens with zero attached hydrogens (tertiary/aromatic N) is 6. The molecule has 2 unspecified atom stereocenters. The number of hydrogen-bond donors (Lipinski definition) is 1. The van der Waals surface area contributed by atoms with E-state index in [1.165, 1.54) is 5.39 Å². The fourth-order valence-electron chi connectivity index (χ4n) is 9.08. The molecular weight excluding hydrogens is 763 g/mol. The molecule has 2 atom stereocenters. The van der Waals surface area contributed by atoms with E-state index < -0.39 is 29.7 Å². The predicted octanol–water partition coefficient (Wildman–Crippen LogP) is 4.49. The molecule has 0 bridgehead atoms. The van der Waals surface area contributed by atoms with Gasteiger partial charge in [0.1, 0.15) is 18.8 Å². The Morgan fingerprint density at radius 3 is 2.48 bits per heavy atom. The van der Waals surface area contributed by atoms with E-state index in [0.29, 0.717) is 32.1 Å². The number of rotatable bonds is 10. The molecule has 7 heterocycles. The number of fused-ring (bicyclic) bond motifs is 4. The smallest absolute Gasteiger partial charge is 0.262 e. The number of amides is 4. The number of carbonyl (C=O) groups is 4. The third-order valence-corrected chi connectivity index (χ3v) is 12.5. The summed E-state index contributed by atoms with van der Waals surface area (Å²) >= 11 is 0. The molecule has 5 aliphatic rings. The van der Waals surface area contributed by atoms with Gasteiger partial charge < -0.3 is 23.7 Å². The molecule has 306 valence electrons. The number of pyridine rings is 2. The van der Waals surface area contributed by atoms with E-state index in [2.05, 4.69) is 72.8 Å². The van der Waals surface area contributed by atoms with E-state index in [9.17, 15) is 19.2 Å². The van der Waals surface area contributed by atoms with Gasteiger partial charge in [-0.3, -0.25) is 39.3 Å². The number of carbonyl (C=O) groups excluding carboxylic acids is 4. The molecule has 14 nitrogen and oxygen atoms in total. The highest BCUT2D eigenvalue weighted by molar-refractivity contribution is 6.23. The molecule has 2 aromatic carbocycles. The summed E-state index contributed by atoms with van der Waals surface area (Å²) in [6, 6.07) is 16.8. The lowest BCUT2D eigenvalue weighted by Gasteiger charge is -2.43. The van der Waals surface area contributed by atoms with Gasteiger partial charge in [-0.1, -0.05) is 24.0 Å². The van der Waals surface area contributed by atoms with Crippen LogP contribution in [0.3, 0.4) is 0 Å². The van der Waals surface area contributed by atoms with Crippen LogP contribution in [0.4, 0.5) is 5.69 Å². The maximum Gasteiger partial charge on any atom is 0.262 e. The van der Waals surface area contributed by atoms with Crippen LogP contribution in [-0.2, 0) is 26.1 Å². The van der Waals surface area contributed by atoms with Crippen LogP contribution < -0.4 is 15.0 Å². The fraction of sp³-hybridized carbons (Fsp3) is 0.391. The second-order valence-corrected chi connectivity index (χ2v) is 16.4. The minimum absolute atomic E-state index is 0.0699. The van der Waals surface area contributed by atoms with Gasteiger partial charge in [0.2, 0.25) is 17.7 Å². The second kappa shape index (κ2) is 15.8. The van der Waals surface area contributed by atoms with Crippen LogP contribution in [-0.4, -0.2) is 118 Å². The van der Waals surface area contributed by atoms with Gasteiger partial charge in [0.25, 0.3) is 11.8 Å². The van der Waals surface area contributed by atoms with Crippen molar-refractivity contribution in [1.29, 1.82) is 0 Å². The van der Waals surface area contributed by atoms with Gasteiger partial charge in [0.15, 0.2) is 0 Å². The zero-order valence-corrected chi connectivity index (χ0v) is 33.3. The highest BCUT2D eigenvalue weighted by atomic mass is 16.5. The molecule has 3 saturated heterocycles. The molecule has 4 amide bonds. The first-order valence-electron chi connectivity index (χ1n) is 20.8. The minimum Gasteiger partial charge on any atom is -0.474 e. The van der Waals surface area contributed by atoms with Crippen LogP contribution in [0.25, 0.3) is 32.9 Å². The molecule has 4 fully saturated rings. The number of piperidine rings is 2. The molecule has 0 spiro atoms. The Labute approximate surface area is 346 Å². The van der Waals surface area contributed by atoms with E-state index in [1.807, 2.05) is 36.8 Å². The molecule has 3 aromatic heterocycles. The van der Waals surface area contributed by atoms with Crippen molar-refractivity contribution in [3.05, 3.63) is 84.3 Å². The van der Waals surface area contributed by atoms with E-state index in [-0.39, 0.29) is 48.4 Å². The highest BCUT2D eigenvalue weighted by Gasteiger charge is 2.45. The van der Waals surface area contributed by atoms with Gasteiger partial charge in [0.05, 0.1) is 41.5 Å². The third-order valence-electron chi connectivity index (χ3n) is 12.5. The standard InChI is InChI=1S/C46H45N7O7/c1-50-39-14-15-47-24-38(39)35-9-6-28(19-41(35)50)29-7-13-43(48-23-29)60-33-21-32(22-33)58-18-3-2-16-51-17-4-5-31(25-51)59-34-26-52(27-34)30-8-10-36-37(20-30)46(57)53(45(36)56)40-11-12-42(54)49-44(40)55/h6-10,13-15,19-20,23-24,31-34,40H,4-5,11-12,16-18,21-22,25-27H2,1H3,(H,49,54,55). The lowest BCUT2D eigenvalue weighted by molar-refractivity contribution is -0.136. The summed E-state index contributed by atoms with van der Waals surface area (Å²) in [4.78, 5) is 64.7. The minimum atomic E-state index is -0.977. The Balaban J connectivity index is 0.630. The summed E-state index contributed by atoms with van der Waals surface area (Å²) in [6.45, 7) is 4.24. The number of ether oxygens (including phenoxy) is 3. The maximum absolute atomic E-state index is 13.3. The Bertz CT molecular complexity index is 2580. The topological polar surface area (TPSA) is 148 Å². The lowest BCUT2D eigenvalue weighted by atomic mass is 9.92. The zero-order valence-electron chi connectivity index (χ0n) is 33.3. The first-order valence-corrected chi connectivity index (χ1v) is 20.8. The number of nitrogens with one attached hydrogen (secondary N) is 1. The van der Waals surface area contributed by atoms with Crippen molar-refractivity contribution in [3.63, 3.8) is 0 Å². The van der Waals surface area contributed by atoms with Crippen LogP contribution in [0, 0.1) is 11.8 Å². The predicted molar refractivity (Wildman–Crippen MR) is 222 cm³/mol. The van der Waals surface area contributed by atoms with Gasteiger partial charge in [-0.2, -0.15) is 0 Å². The van der Waals surface area contributed by atoms with Gasteiger partial charge in [-0.05, 0) is 67.8 Å². The number of anilines is 1. The number of hydrogen-bond acceptors (Lipinski definition) is 11. The number of aryl methyl sites for hydroxylation is 1. The summed E-state index contributed by atoms with van der Waals surface area (Å²) in [7, 11) is 2.08. The molecule has 1 aliphatic carbocycles. The average Bonchev–Trinajstić information content (AvgIpc) is 3.65. The largest absolute Gasteiger partial charge is 0.474 e. The zero-order chi connectivity index (χ0) is 40.9. The van der Waals surface area contributed by atoms with Crippen LogP contribution in [0.5, 0.6) is 5.88 Å². The second-order valence-electron chi connectivity index (χ2n) is 16.4. The summed E-state index contributed by atoms with van der Waals surface area (Å²) < 4.78 is 20.8. The van der Waals surface area contributed by atoms with Gasteiger partial charge in [-0.15, -0.1) is 0 Å². The van der Waals surface area contributed by atoms with Crippen molar-refractivity contribution in [2.24, 2.45) is 7.05 Å². The van der Waals surface area contributed by atoms with Crippen molar-refractivity contribution in [1.82, 2.24) is 29.7 Å². The number of benzene rings is 2.